The first kappa shape index (κ1) is 32.3. The number of carbonyl (C=O) groups excluding carboxylic acids is 3. The van der Waals surface area contributed by atoms with Gasteiger partial charge in [-0.25, -0.2) is 9.99 Å². The molecule has 3 amide bonds. The number of fused-ring (bicyclic) bond motifs is 1. The largest absolute Gasteiger partial charge is 0.349 e. The third kappa shape index (κ3) is 8.02. The number of carbonyl (C=O) groups is 3. The quantitative estimate of drug-likeness (QED) is 0.128. The molecule has 6 rings (SSSR count). The molecular formula is C38H39N7O3. The molecule has 10 heteroatoms. The van der Waals surface area contributed by atoms with E-state index >= 15 is 0 Å². The van der Waals surface area contributed by atoms with Crippen molar-refractivity contribution in [1.29, 1.82) is 5.41 Å². The molecule has 244 valence electrons. The predicted octanol–water partition coefficient (Wildman–Crippen LogP) is 4.85. The zero-order chi connectivity index (χ0) is 33.5. The molecule has 1 saturated heterocycles. The molecule has 0 saturated carbocycles. The van der Waals surface area contributed by atoms with Gasteiger partial charge in [-0.3, -0.25) is 25.2 Å². The van der Waals surface area contributed by atoms with Crippen LogP contribution < -0.4 is 16.1 Å². The average molecular weight is 642 g/mol. The van der Waals surface area contributed by atoms with Crippen LogP contribution in [-0.4, -0.2) is 57.2 Å². The van der Waals surface area contributed by atoms with Gasteiger partial charge in [-0.15, -0.1) is 0 Å². The number of imidazole rings is 1. The summed E-state index contributed by atoms with van der Waals surface area (Å²) in [5.74, 6) is 0.549. The summed E-state index contributed by atoms with van der Waals surface area (Å²) in [6.45, 7) is 1.30. The second-order valence-corrected chi connectivity index (χ2v) is 12.1. The Bertz CT molecular complexity index is 1910. The van der Waals surface area contributed by atoms with E-state index in [4.69, 9.17) is 10.4 Å². The minimum Gasteiger partial charge on any atom is -0.349 e. The van der Waals surface area contributed by atoms with Gasteiger partial charge >= 0.3 is 0 Å². The van der Waals surface area contributed by atoms with Gasteiger partial charge in [0.15, 0.2) is 0 Å². The lowest BCUT2D eigenvalue weighted by atomic mass is 10.0. The number of nitrogens with one attached hydrogen (secondary N) is 4. The highest BCUT2D eigenvalue weighted by atomic mass is 16.2. The highest BCUT2D eigenvalue weighted by Gasteiger charge is 2.23. The molecule has 1 aromatic heterocycles. The monoisotopic (exact) mass is 641 g/mol. The fraction of sp³-hybridized carbons (Fsp3) is 0.237. The van der Waals surface area contributed by atoms with E-state index in [9.17, 15) is 14.4 Å². The zero-order valence-corrected chi connectivity index (χ0v) is 26.9. The van der Waals surface area contributed by atoms with Gasteiger partial charge in [-0.1, -0.05) is 60.7 Å². The van der Waals surface area contributed by atoms with Crippen LogP contribution in [0.1, 0.15) is 60.9 Å². The van der Waals surface area contributed by atoms with Crippen LogP contribution in [0.3, 0.4) is 0 Å². The van der Waals surface area contributed by atoms with Gasteiger partial charge in [-0.2, -0.15) is 0 Å². The molecule has 0 radical (unpaired) electrons. The Hall–Kier alpha value is -5.61. The maximum Gasteiger partial charge on any atom is 0.265 e. The molecule has 4 N–H and O–H groups in total. The molecule has 0 bridgehead atoms. The van der Waals surface area contributed by atoms with Crippen molar-refractivity contribution < 1.29 is 14.4 Å². The fourth-order valence-electron chi connectivity index (χ4n) is 5.94. The maximum atomic E-state index is 13.1. The SMILES string of the molecule is Cn1c(CCc2ccc(CC(=N)NC(=O)c3ccccc3)cc2)nc2cc(C(=O)NN3CCC(NC(=O)c4ccccc4)CC3)ccc21. The first-order valence-electron chi connectivity index (χ1n) is 16.2. The van der Waals surface area contributed by atoms with Crippen LogP contribution in [0.4, 0.5) is 0 Å². The molecule has 48 heavy (non-hydrogen) atoms. The number of rotatable bonds is 10. The minimum absolute atomic E-state index is 0.0701. The van der Waals surface area contributed by atoms with E-state index < -0.39 is 0 Å². The molecule has 4 aromatic carbocycles. The van der Waals surface area contributed by atoms with Crippen molar-refractivity contribution in [3.63, 3.8) is 0 Å². The summed E-state index contributed by atoms with van der Waals surface area (Å²) in [5, 5.41) is 15.9. The summed E-state index contributed by atoms with van der Waals surface area (Å²) < 4.78 is 2.07. The molecule has 1 aliphatic rings. The van der Waals surface area contributed by atoms with E-state index in [0.717, 1.165) is 53.7 Å². The number of hydrogen-bond acceptors (Lipinski definition) is 6. The summed E-state index contributed by atoms with van der Waals surface area (Å²) in [7, 11) is 1.99. The number of amides is 3. The Morgan fingerprint density at radius 3 is 2.04 bits per heavy atom. The summed E-state index contributed by atoms with van der Waals surface area (Å²) in [6, 6.07) is 31.8. The minimum atomic E-state index is -0.282. The van der Waals surface area contributed by atoms with Gasteiger partial charge in [0, 0.05) is 55.7 Å². The Labute approximate surface area is 279 Å². The fourth-order valence-corrected chi connectivity index (χ4v) is 5.94. The lowest BCUT2D eigenvalue weighted by Crippen LogP contribution is -2.51. The number of amidine groups is 1. The number of aromatic nitrogens is 2. The normalized spacial score (nSPS) is 13.6. The number of hydrogen-bond donors (Lipinski definition) is 4. The van der Waals surface area contributed by atoms with E-state index in [1.807, 2.05) is 78.8 Å². The summed E-state index contributed by atoms with van der Waals surface area (Å²) in [5.41, 5.74) is 8.57. The molecule has 1 aliphatic heterocycles. The molecule has 0 spiro atoms. The lowest BCUT2D eigenvalue weighted by Gasteiger charge is -2.32. The second-order valence-electron chi connectivity index (χ2n) is 12.1. The highest BCUT2D eigenvalue weighted by molar-refractivity contribution is 6.06. The summed E-state index contributed by atoms with van der Waals surface area (Å²) in [4.78, 5) is 42.8. The van der Waals surface area contributed by atoms with Crippen LogP contribution in [0, 0.1) is 5.41 Å². The van der Waals surface area contributed by atoms with Crippen molar-refractivity contribution in [1.82, 2.24) is 30.6 Å². The average Bonchev–Trinajstić information content (AvgIpc) is 3.43. The number of piperidine rings is 1. The smallest absolute Gasteiger partial charge is 0.265 e. The van der Waals surface area contributed by atoms with Gasteiger partial charge in [0.05, 0.1) is 11.0 Å². The molecule has 0 unspecified atom stereocenters. The highest BCUT2D eigenvalue weighted by Crippen LogP contribution is 2.19. The van der Waals surface area contributed by atoms with Crippen LogP contribution in [0.2, 0.25) is 0 Å². The van der Waals surface area contributed by atoms with Crippen LogP contribution in [0.5, 0.6) is 0 Å². The van der Waals surface area contributed by atoms with Crippen LogP contribution in [0.25, 0.3) is 11.0 Å². The first-order valence-corrected chi connectivity index (χ1v) is 16.2. The van der Waals surface area contributed by atoms with E-state index in [1.54, 1.807) is 36.4 Å². The van der Waals surface area contributed by atoms with Crippen LogP contribution >= 0.6 is 0 Å². The van der Waals surface area contributed by atoms with Gasteiger partial charge in [0.25, 0.3) is 17.7 Å². The standard InChI is InChI=1S/C38H39N7O3/c1-44-33-18-17-30(38(48)43-45-22-20-31(21-23-45)40-36(46)28-8-4-2-5-9-28)25-32(33)41-35(44)19-16-26-12-14-27(15-13-26)24-34(39)42-37(47)29-10-6-3-7-11-29/h2-15,17-18,25,31H,16,19-24H2,1H3,(H,40,46)(H,43,48)(H2,39,42,47). The number of benzene rings is 4. The van der Waals surface area contributed by atoms with Crippen molar-refractivity contribution in [2.45, 2.75) is 38.1 Å². The van der Waals surface area contributed by atoms with Crippen molar-refractivity contribution >= 4 is 34.6 Å². The summed E-state index contributed by atoms with van der Waals surface area (Å²) in [6.07, 6.45) is 3.35. The van der Waals surface area contributed by atoms with Gasteiger partial charge < -0.3 is 15.2 Å². The Balaban J connectivity index is 0.981. The van der Waals surface area contributed by atoms with Crippen molar-refractivity contribution in [3.05, 3.63) is 137 Å². The lowest BCUT2D eigenvalue weighted by molar-refractivity contribution is 0.0702. The number of aryl methyl sites for hydroxylation is 3. The third-order valence-electron chi connectivity index (χ3n) is 8.70. The maximum absolute atomic E-state index is 13.1. The molecule has 1 fully saturated rings. The molecule has 5 aromatic rings. The molecule has 0 atom stereocenters. The Morgan fingerprint density at radius 1 is 0.750 bits per heavy atom. The van der Waals surface area contributed by atoms with Gasteiger partial charge in [-0.05, 0) is 72.9 Å². The zero-order valence-electron chi connectivity index (χ0n) is 26.9. The van der Waals surface area contributed by atoms with Crippen molar-refractivity contribution in [2.75, 3.05) is 13.1 Å². The molecule has 0 aliphatic carbocycles. The van der Waals surface area contributed by atoms with Crippen LogP contribution in [-0.2, 0) is 26.3 Å². The Morgan fingerprint density at radius 2 is 1.38 bits per heavy atom. The van der Waals surface area contributed by atoms with Crippen LogP contribution in [0.15, 0.2) is 103 Å². The van der Waals surface area contributed by atoms with E-state index in [0.29, 0.717) is 36.2 Å². The van der Waals surface area contributed by atoms with Gasteiger partial charge in [0.2, 0.25) is 0 Å². The first-order chi connectivity index (χ1) is 23.3. The predicted molar refractivity (Wildman–Crippen MR) is 186 cm³/mol. The second kappa shape index (κ2) is 14.9. The van der Waals surface area contributed by atoms with Crippen molar-refractivity contribution in [3.8, 4) is 0 Å². The Kier molecular flexibility index (Phi) is 10.0. The number of hydrazine groups is 1. The molecular weight excluding hydrogens is 602 g/mol. The number of nitrogens with zero attached hydrogens (tertiary/aromatic N) is 3. The summed E-state index contributed by atoms with van der Waals surface area (Å²) >= 11 is 0. The third-order valence-corrected chi connectivity index (χ3v) is 8.70. The van der Waals surface area contributed by atoms with E-state index in [1.165, 1.54) is 0 Å². The van der Waals surface area contributed by atoms with E-state index in [-0.39, 0.29) is 29.6 Å². The topological polar surface area (TPSA) is 132 Å². The molecule has 2 heterocycles. The van der Waals surface area contributed by atoms with Gasteiger partial charge in [0.1, 0.15) is 11.7 Å². The molecule has 10 nitrogen and oxygen atoms in total. The van der Waals surface area contributed by atoms with Crippen molar-refractivity contribution in [2.24, 2.45) is 7.05 Å². The van der Waals surface area contributed by atoms with E-state index in [2.05, 4.69) is 20.6 Å².